The van der Waals surface area contributed by atoms with Gasteiger partial charge in [-0.05, 0) is 37.6 Å². The number of rotatable bonds is 9. The maximum absolute atomic E-state index is 12.0. The lowest BCUT2D eigenvalue weighted by Gasteiger charge is -2.11. The molecule has 23 heavy (non-hydrogen) atoms. The Kier molecular flexibility index (Phi) is 10.8. The van der Waals surface area contributed by atoms with Gasteiger partial charge in [0.1, 0.15) is 5.75 Å². The summed E-state index contributed by atoms with van der Waals surface area (Å²) in [5, 5.41) is 5.35. The van der Waals surface area contributed by atoms with Crippen LogP contribution in [0.25, 0.3) is 0 Å². The largest absolute Gasteiger partial charge is 0.495 e. The third kappa shape index (κ3) is 7.34. The monoisotopic (exact) mass is 343 g/mol. The van der Waals surface area contributed by atoms with Gasteiger partial charge in [0, 0.05) is 19.0 Å². The Hall–Kier alpha value is -1.79. The van der Waals surface area contributed by atoms with Crippen molar-refractivity contribution >= 4 is 29.9 Å². The van der Waals surface area contributed by atoms with Crippen molar-refractivity contribution in [1.29, 1.82) is 0 Å². The maximum Gasteiger partial charge on any atom is 0.251 e. The number of nitrogens with one attached hydrogen (secondary N) is 2. The summed E-state index contributed by atoms with van der Waals surface area (Å²) in [6.07, 6.45) is 4.28. The van der Waals surface area contributed by atoms with E-state index in [0.29, 0.717) is 30.0 Å². The predicted molar refractivity (Wildman–Crippen MR) is 94.4 cm³/mol. The molecule has 7 heteroatoms. The molecule has 0 aromatic heterocycles. The maximum atomic E-state index is 12.0. The van der Waals surface area contributed by atoms with Gasteiger partial charge >= 0.3 is 0 Å². The first kappa shape index (κ1) is 21.2. The second kappa shape index (κ2) is 11.7. The normalized spacial score (nSPS) is 9.70. The van der Waals surface area contributed by atoms with Crippen LogP contribution in [0.15, 0.2) is 18.2 Å². The van der Waals surface area contributed by atoms with Gasteiger partial charge in [0.2, 0.25) is 5.91 Å². The standard InChI is InChI=1S/C16H25N3O3.ClH/c1-18-16(21)12-8-9-14(22-2)13(11-12)19-15(20)7-5-3-4-6-10-17;/h8-9,11H,3-7,10,17H2,1-2H3,(H,18,21)(H,19,20);1H. The number of anilines is 1. The highest BCUT2D eigenvalue weighted by Gasteiger charge is 2.11. The van der Waals surface area contributed by atoms with Crippen LogP contribution in [0.2, 0.25) is 0 Å². The number of unbranched alkanes of at least 4 members (excludes halogenated alkanes) is 3. The molecule has 6 nitrogen and oxygen atoms in total. The fourth-order valence-electron chi connectivity index (χ4n) is 2.09. The van der Waals surface area contributed by atoms with Gasteiger partial charge in [0.05, 0.1) is 12.8 Å². The minimum absolute atomic E-state index is 0. The molecular weight excluding hydrogens is 318 g/mol. The van der Waals surface area contributed by atoms with Gasteiger partial charge < -0.3 is 21.1 Å². The van der Waals surface area contributed by atoms with Crippen molar-refractivity contribution in [2.24, 2.45) is 5.73 Å². The molecule has 4 N–H and O–H groups in total. The van der Waals surface area contributed by atoms with Gasteiger partial charge in [-0.3, -0.25) is 9.59 Å². The van der Waals surface area contributed by atoms with Crippen LogP contribution in [0.1, 0.15) is 42.5 Å². The van der Waals surface area contributed by atoms with Crippen LogP contribution in [-0.4, -0.2) is 32.5 Å². The molecule has 0 aliphatic carbocycles. The zero-order valence-corrected chi connectivity index (χ0v) is 14.5. The highest BCUT2D eigenvalue weighted by molar-refractivity contribution is 5.98. The van der Waals surface area contributed by atoms with Crippen LogP contribution < -0.4 is 21.1 Å². The Bertz CT molecular complexity index is 509. The summed E-state index contributed by atoms with van der Waals surface area (Å²) in [4.78, 5) is 23.6. The van der Waals surface area contributed by atoms with Crippen LogP contribution in [0.5, 0.6) is 5.75 Å². The first-order valence-electron chi connectivity index (χ1n) is 7.52. The molecule has 0 radical (unpaired) electrons. The summed E-state index contributed by atoms with van der Waals surface area (Å²) in [5.74, 6) is 0.240. The number of methoxy groups -OCH3 is 1. The SMILES string of the molecule is CNC(=O)c1ccc(OC)c(NC(=O)CCCCCCN)c1.Cl. The lowest BCUT2D eigenvalue weighted by Crippen LogP contribution is -2.18. The molecule has 0 saturated carbocycles. The lowest BCUT2D eigenvalue weighted by molar-refractivity contribution is -0.116. The highest BCUT2D eigenvalue weighted by atomic mass is 35.5. The van der Waals surface area contributed by atoms with E-state index in [1.54, 1.807) is 25.2 Å². The van der Waals surface area contributed by atoms with Gasteiger partial charge in [0.25, 0.3) is 5.91 Å². The molecule has 0 unspecified atom stereocenters. The minimum Gasteiger partial charge on any atom is -0.495 e. The molecule has 1 rings (SSSR count). The van der Waals surface area contributed by atoms with Crippen LogP contribution >= 0.6 is 12.4 Å². The fraction of sp³-hybridized carbons (Fsp3) is 0.500. The summed E-state index contributed by atoms with van der Waals surface area (Å²) in [5.41, 5.74) is 6.41. The van der Waals surface area contributed by atoms with E-state index in [9.17, 15) is 9.59 Å². The van der Waals surface area contributed by atoms with Crippen LogP contribution in [0.4, 0.5) is 5.69 Å². The number of benzene rings is 1. The zero-order valence-electron chi connectivity index (χ0n) is 13.7. The van der Waals surface area contributed by atoms with Gasteiger partial charge in [-0.1, -0.05) is 12.8 Å². The zero-order chi connectivity index (χ0) is 16.4. The van der Waals surface area contributed by atoms with E-state index < -0.39 is 0 Å². The number of carbonyl (C=O) groups excluding carboxylic acids is 2. The summed E-state index contributed by atoms with van der Waals surface area (Å²) in [6.45, 7) is 0.690. The topological polar surface area (TPSA) is 93.5 Å². The molecule has 1 aromatic rings. The van der Waals surface area contributed by atoms with E-state index in [4.69, 9.17) is 10.5 Å². The Labute approximate surface area is 143 Å². The van der Waals surface area contributed by atoms with Gasteiger partial charge in [0.15, 0.2) is 0 Å². The first-order chi connectivity index (χ1) is 10.6. The Morgan fingerprint density at radius 2 is 1.87 bits per heavy atom. The minimum atomic E-state index is -0.208. The molecule has 0 saturated heterocycles. The molecule has 0 spiro atoms. The quantitative estimate of drug-likeness (QED) is 0.600. The van der Waals surface area contributed by atoms with Crippen molar-refractivity contribution in [1.82, 2.24) is 5.32 Å². The van der Waals surface area contributed by atoms with Crippen molar-refractivity contribution in [3.63, 3.8) is 0 Å². The third-order valence-electron chi connectivity index (χ3n) is 3.32. The van der Waals surface area contributed by atoms with Crippen molar-refractivity contribution < 1.29 is 14.3 Å². The third-order valence-corrected chi connectivity index (χ3v) is 3.32. The molecule has 130 valence electrons. The van der Waals surface area contributed by atoms with E-state index in [2.05, 4.69) is 10.6 Å². The highest BCUT2D eigenvalue weighted by Crippen LogP contribution is 2.25. The summed E-state index contributed by atoms with van der Waals surface area (Å²) in [6, 6.07) is 4.94. The second-order valence-corrected chi connectivity index (χ2v) is 5.00. The van der Waals surface area contributed by atoms with Crippen molar-refractivity contribution in [2.45, 2.75) is 32.1 Å². The second-order valence-electron chi connectivity index (χ2n) is 5.00. The molecule has 0 aliphatic heterocycles. The average molecular weight is 344 g/mol. The van der Waals surface area contributed by atoms with Crippen LogP contribution in [-0.2, 0) is 4.79 Å². The number of amides is 2. The van der Waals surface area contributed by atoms with E-state index in [-0.39, 0.29) is 24.2 Å². The summed E-state index contributed by atoms with van der Waals surface area (Å²) < 4.78 is 5.21. The van der Waals surface area contributed by atoms with Gasteiger partial charge in [-0.25, -0.2) is 0 Å². The lowest BCUT2D eigenvalue weighted by atomic mass is 10.1. The number of halogens is 1. The Morgan fingerprint density at radius 3 is 2.48 bits per heavy atom. The van der Waals surface area contributed by atoms with Crippen molar-refractivity contribution in [2.75, 3.05) is 26.0 Å². The molecule has 0 aliphatic rings. The number of nitrogens with two attached hydrogens (primary N) is 1. The number of hydrogen-bond donors (Lipinski definition) is 3. The number of ether oxygens (including phenoxy) is 1. The van der Waals surface area contributed by atoms with Crippen LogP contribution in [0.3, 0.4) is 0 Å². The molecule has 0 atom stereocenters. The van der Waals surface area contributed by atoms with E-state index in [1.807, 2.05) is 0 Å². The average Bonchev–Trinajstić information content (AvgIpc) is 2.53. The van der Waals surface area contributed by atoms with Crippen molar-refractivity contribution in [3.8, 4) is 5.75 Å². The molecule has 0 heterocycles. The van der Waals surface area contributed by atoms with E-state index >= 15 is 0 Å². The molecule has 0 fully saturated rings. The van der Waals surface area contributed by atoms with Crippen LogP contribution in [0, 0.1) is 0 Å². The molecular formula is C16H26ClN3O3. The van der Waals surface area contributed by atoms with E-state index in [1.165, 1.54) is 7.11 Å². The summed E-state index contributed by atoms with van der Waals surface area (Å²) in [7, 11) is 3.09. The smallest absolute Gasteiger partial charge is 0.251 e. The molecule has 0 bridgehead atoms. The van der Waals surface area contributed by atoms with Gasteiger partial charge in [-0.2, -0.15) is 0 Å². The Balaban J connectivity index is 0.00000484. The van der Waals surface area contributed by atoms with Crippen molar-refractivity contribution in [3.05, 3.63) is 23.8 Å². The fourth-order valence-corrected chi connectivity index (χ4v) is 2.09. The first-order valence-corrected chi connectivity index (χ1v) is 7.52. The molecule has 2 amide bonds. The molecule has 1 aromatic carbocycles. The number of carbonyl (C=O) groups is 2. The predicted octanol–water partition coefficient (Wildman–Crippen LogP) is 2.32. The summed E-state index contributed by atoms with van der Waals surface area (Å²) >= 11 is 0. The Morgan fingerprint density at radius 1 is 1.17 bits per heavy atom. The number of hydrogen-bond acceptors (Lipinski definition) is 4. The van der Waals surface area contributed by atoms with E-state index in [0.717, 1.165) is 25.7 Å². The van der Waals surface area contributed by atoms with Gasteiger partial charge in [-0.15, -0.1) is 12.4 Å².